The molecular formula is C11H11NO2S. The maximum atomic E-state index is 11.0. The van der Waals surface area contributed by atoms with Crippen LogP contribution in [0.3, 0.4) is 0 Å². The second-order valence-corrected chi connectivity index (χ2v) is 4.80. The molecule has 1 aromatic carbocycles. The second kappa shape index (κ2) is 3.98. The van der Waals surface area contributed by atoms with Crippen molar-refractivity contribution in [2.75, 3.05) is 6.26 Å². The van der Waals surface area contributed by atoms with Crippen LogP contribution in [0.5, 0.6) is 5.75 Å². The summed E-state index contributed by atoms with van der Waals surface area (Å²) in [4.78, 5) is 4.27. The van der Waals surface area contributed by atoms with Crippen molar-refractivity contribution in [3.05, 3.63) is 36.0 Å². The van der Waals surface area contributed by atoms with Crippen molar-refractivity contribution in [3.8, 4) is 5.75 Å². The molecule has 2 aromatic rings. The fourth-order valence-corrected chi connectivity index (χ4v) is 2.04. The number of benzene rings is 1. The average molecular weight is 221 g/mol. The largest absolute Gasteiger partial charge is 0.506 e. The van der Waals surface area contributed by atoms with Crippen LogP contribution in [0, 0.1) is 0 Å². The highest BCUT2D eigenvalue weighted by Crippen LogP contribution is 2.22. The van der Waals surface area contributed by atoms with Crippen LogP contribution < -0.4 is 0 Å². The highest BCUT2D eigenvalue weighted by Gasteiger charge is 2.03. The lowest BCUT2D eigenvalue weighted by atomic mass is 10.2. The van der Waals surface area contributed by atoms with E-state index in [0.717, 1.165) is 11.1 Å². The molecule has 2 rings (SSSR count). The summed E-state index contributed by atoms with van der Waals surface area (Å²) in [5, 5.41) is 10.5. The van der Waals surface area contributed by atoms with Crippen molar-refractivity contribution in [2.45, 2.75) is 5.75 Å². The highest BCUT2D eigenvalue weighted by atomic mass is 32.2. The van der Waals surface area contributed by atoms with Gasteiger partial charge in [-0.1, -0.05) is 18.2 Å². The first-order valence-corrected chi connectivity index (χ1v) is 6.27. The van der Waals surface area contributed by atoms with E-state index in [9.17, 15) is 9.32 Å². The molecule has 0 aliphatic carbocycles. The fourth-order valence-electron chi connectivity index (χ4n) is 1.46. The third-order valence-corrected chi connectivity index (χ3v) is 2.81. The lowest BCUT2D eigenvalue weighted by Gasteiger charge is -2.02. The molecule has 0 bridgehead atoms. The van der Waals surface area contributed by atoms with E-state index in [1.165, 1.54) is 0 Å². The number of phenolic OH excluding ortho intramolecular Hbond substituents is 1. The zero-order valence-electron chi connectivity index (χ0n) is 8.30. The van der Waals surface area contributed by atoms with E-state index >= 15 is 0 Å². The number of aromatic hydroxyl groups is 1. The minimum absolute atomic E-state index is 0.163. The maximum absolute atomic E-state index is 11.0. The number of hydrogen-bond acceptors (Lipinski definition) is 3. The second-order valence-electron chi connectivity index (χ2n) is 3.37. The van der Waals surface area contributed by atoms with Gasteiger partial charge in [-0.25, -0.2) is 4.98 Å². The van der Waals surface area contributed by atoms with Gasteiger partial charge in [-0.3, -0.25) is 4.21 Å². The Labute approximate surface area is 90.2 Å². The molecule has 0 spiro atoms. The summed E-state index contributed by atoms with van der Waals surface area (Å²) in [5.41, 5.74) is 1.31. The van der Waals surface area contributed by atoms with Crippen LogP contribution in [0.15, 0.2) is 30.3 Å². The van der Waals surface area contributed by atoms with E-state index < -0.39 is 10.8 Å². The van der Waals surface area contributed by atoms with Crippen molar-refractivity contribution in [3.63, 3.8) is 0 Å². The van der Waals surface area contributed by atoms with Crippen molar-refractivity contribution < 1.29 is 9.32 Å². The quantitative estimate of drug-likeness (QED) is 0.841. The van der Waals surface area contributed by atoms with Gasteiger partial charge in [-0.2, -0.15) is 0 Å². The molecule has 0 aliphatic heterocycles. The summed E-state index contributed by atoms with van der Waals surface area (Å²) in [5.74, 6) is 0.584. The Morgan fingerprint density at radius 2 is 2.13 bits per heavy atom. The van der Waals surface area contributed by atoms with Crippen LogP contribution in [0.25, 0.3) is 10.9 Å². The van der Waals surface area contributed by atoms with Crippen LogP contribution in [-0.2, 0) is 16.6 Å². The van der Waals surface area contributed by atoms with Crippen molar-refractivity contribution in [2.24, 2.45) is 0 Å². The Bertz CT molecular complexity index is 525. The summed E-state index contributed by atoms with van der Waals surface area (Å²) in [6, 6.07) is 8.97. The van der Waals surface area contributed by atoms with Crippen LogP contribution in [-0.4, -0.2) is 20.6 Å². The van der Waals surface area contributed by atoms with E-state index in [0.29, 0.717) is 11.3 Å². The maximum Gasteiger partial charge on any atom is 0.141 e. The molecule has 1 heterocycles. The first-order valence-electron chi connectivity index (χ1n) is 4.54. The lowest BCUT2D eigenvalue weighted by molar-refractivity contribution is 0.480. The van der Waals surface area contributed by atoms with Gasteiger partial charge in [0.05, 0.1) is 11.4 Å². The summed E-state index contributed by atoms with van der Waals surface area (Å²) in [6.07, 6.45) is 1.64. The lowest BCUT2D eigenvalue weighted by Crippen LogP contribution is -1.95. The molecule has 1 atom stereocenters. The van der Waals surface area contributed by atoms with Gasteiger partial charge in [-0.15, -0.1) is 0 Å². The summed E-state index contributed by atoms with van der Waals surface area (Å²) >= 11 is 0. The molecule has 0 aliphatic rings. The fraction of sp³-hybridized carbons (Fsp3) is 0.182. The van der Waals surface area contributed by atoms with Crippen LogP contribution >= 0.6 is 0 Å². The van der Waals surface area contributed by atoms with E-state index in [-0.39, 0.29) is 5.75 Å². The number of pyridine rings is 1. The molecule has 78 valence electrons. The molecule has 0 saturated carbocycles. The number of aromatic nitrogens is 1. The Morgan fingerprint density at radius 3 is 2.87 bits per heavy atom. The van der Waals surface area contributed by atoms with E-state index in [4.69, 9.17) is 0 Å². The number of nitrogens with zero attached hydrogens (tertiary/aromatic N) is 1. The minimum Gasteiger partial charge on any atom is -0.506 e. The third-order valence-electron chi connectivity index (χ3n) is 2.11. The zero-order chi connectivity index (χ0) is 10.8. The third kappa shape index (κ3) is 2.15. The average Bonchev–Trinajstić information content (AvgIpc) is 2.18. The van der Waals surface area contributed by atoms with Crippen molar-refractivity contribution >= 4 is 21.7 Å². The normalized spacial score (nSPS) is 12.9. The van der Waals surface area contributed by atoms with Crippen LogP contribution in [0.1, 0.15) is 5.69 Å². The SMILES string of the molecule is CS(=O)Cc1ccc2cccc(O)c2n1. The predicted molar refractivity (Wildman–Crippen MR) is 61.2 cm³/mol. The van der Waals surface area contributed by atoms with Gasteiger partial charge in [0.25, 0.3) is 0 Å². The first-order chi connectivity index (χ1) is 7.16. The van der Waals surface area contributed by atoms with Gasteiger partial charge >= 0.3 is 0 Å². The number of para-hydroxylation sites is 1. The zero-order valence-corrected chi connectivity index (χ0v) is 9.12. The minimum atomic E-state index is -0.910. The molecule has 4 heteroatoms. The van der Waals surface area contributed by atoms with Crippen molar-refractivity contribution in [1.29, 1.82) is 0 Å². The molecule has 1 N–H and O–H groups in total. The smallest absolute Gasteiger partial charge is 0.141 e. The molecule has 0 saturated heterocycles. The van der Waals surface area contributed by atoms with Gasteiger partial charge in [-0.05, 0) is 12.1 Å². The van der Waals surface area contributed by atoms with E-state index in [1.807, 2.05) is 18.2 Å². The number of hydrogen-bond donors (Lipinski definition) is 1. The van der Waals surface area contributed by atoms with Gasteiger partial charge < -0.3 is 5.11 Å². The van der Waals surface area contributed by atoms with Crippen molar-refractivity contribution in [1.82, 2.24) is 4.98 Å². The predicted octanol–water partition coefficient (Wildman–Crippen LogP) is 1.82. The van der Waals surface area contributed by atoms with Gasteiger partial charge in [0, 0.05) is 22.4 Å². The molecule has 3 nitrogen and oxygen atoms in total. The molecule has 0 amide bonds. The van der Waals surface area contributed by atoms with Gasteiger partial charge in [0.1, 0.15) is 11.3 Å². The van der Waals surface area contributed by atoms with Gasteiger partial charge in [0.2, 0.25) is 0 Å². The topological polar surface area (TPSA) is 50.2 Å². The Kier molecular flexibility index (Phi) is 2.68. The summed E-state index contributed by atoms with van der Waals surface area (Å²) in [7, 11) is -0.910. The Morgan fingerprint density at radius 1 is 1.33 bits per heavy atom. The summed E-state index contributed by atoms with van der Waals surface area (Å²) < 4.78 is 11.0. The van der Waals surface area contributed by atoms with E-state index in [2.05, 4.69) is 4.98 Å². The highest BCUT2D eigenvalue weighted by molar-refractivity contribution is 7.83. The number of phenols is 1. The molecule has 15 heavy (non-hydrogen) atoms. The molecule has 1 aromatic heterocycles. The summed E-state index contributed by atoms with van der Waals surface area (Å²) in [6.45, 7) is 0. The Hall–Kier alpha value is -1.42. The standard InChI is InChI=1S/C11H11NO2S/c1-15(14)7-9-6-5-8-3-2-4-10(13)11(8)12-9/h2-6,13H,7H2,1H3. The molecule has 1 unspecified atom stereocenters. The van der Waals surface area contributed by atoms with Crippen LogP contribution in [0.2, 0.25) is 0 Å². The monoisotopic (exact) mass is 221 g/mol. The molecule has 0 radical (unpaired) electrons. The Balaban J connectivity index is 2.54. The number of fused-ring (bicyclic) bond motifs is 1. The molecular weight excluding hydrogens is 210 g/mol. The van der Waals surface area contributed by atoms with E-state index in [1.54, 1.807) is 18.4 Å². The van der Waals surface area contributed by atoms with Crippen LogP contribution in [0.4, 0.5) is 0 Å². The first kappa shape index (κ1) is 10.1. The number of rotatable bonds is 2. The molecule has 0 fully saturated rings. The van der Waals surface area contributed by atoms with Gasteiger partial charge in [0.15, 0.2) is 0 Å².